The number of fused-ring (bicyclic) bond motifs is 1. The lowest BCUT2D eigenvalue weighted by molar-refractivity contribution is -0.143. The van der Waals surface area contributed by atoms with Crippen LogP contribution < -0.4 is 0 Å². The van der Waals surface area contributed by atoms with Crippen molar-refractivity contribution >= 4 is 5.91 Å². The summed E-state index contributed by atoms with van der Waals surface area (Å²) >= 11 is 0. The van der Waals surface area contributed by atoms with Gasteiger partial charge in [-0.2, -0.15) is 5.10 Å². The predicted octanol–water partition coefficient (Wildman–Crippen LogP) is 3.76. The highest BCUT2D eigenvalue weighted by atomic mass is 16.2. The molecule has 0 radical (unpaired) electrons. The molecule has 6 rings (SSSR count). The van der Waals surface area contributed by atoms with E-state index in [1.54, 1.807) is 0 Å². The van der Waals surface area contributed by atoms with Gasteiger partial charge >= 0.3 is 0 Å². The molecule has 0 N–H and O–H groups in total. The van der Waals surface area contributed by atoms with Gasteiger partial charge in [0.2, 0.25) is 5.91 Å². The van der Waals surface area contributed by atoms with Gasteiger partial charge in [0.1, 0.15) is 0 Å². The Morgan fingerprint density at radius 2 is 2.19 bits per heavy atom. The minimum Gasteiger partial charge on any atom is -0.354 e. The highest BCUT2D eigenvalue weighted by Crippen LogP contribution is 2.64. The number of nitrogens with zero attached hydrogens (tertiary/aromatic N) is 4. The Morgan fingerprint density at radius 1 is 1.33 bits per heavy atom. The zero-order chi connectivity index (χ0) is 18.6. The van der Waals surface area contributed by atoms with E-state index in [9.17, 15) is 4.79 Å². The molecule has 0 aliphatic heterocycles. The topological polar surface area (TPSA) is 43.1 Å². The van der Waals surface area contributed by atoms with Crippen molar-refractivity contribution in [1.29, 1.82) is 0 Å². The number of amides is 1. The maximum absolute atomic E-state index is 13.4. The fraction of sp³-hybridized carbons (Fsp3) is 0.636. The first-order valence-electron chi connectivity index (χ1n) is 10.6. The molecule has 0 aromatic carbocycles. The molecule has 5 nitrogen and oxygen atoms in total. The first kappa shape index (κ1) is 17.1. The predicted molar refractivity (Wildman–Crippen MR) is 104 cm³/mol. The molecule has 2 aromatic rings. The van der Waals surface area contributed by atoms with Crippen LogP contribution in [0.25, 0.3) is 0 Å². The van der Waals surface area contributed by atoms with Gasteiger partial charge < -0.3 is 9.47 Å². The highest BCUT2D eigenvalue weighted by Gasteiger charge is 2.64. The van der Waals surface area contributed by atoms with Crippen molar-refractivity contribution in [2.45, 2.75) is 70.0 Å². The molecule has 2 bridgehead atoms. The fourth-order valence-electron chi connectivity index (χ4n) is 5.80. The minimum absolute atomic E-state index is 0.0391. The zero-order valence-electron chi connectivity index (χ0n) is 16.5. The molecule has 0 spiro atoms. The van der Waals surface area contributed by atoms with Crippen LogP contribution in [-0.4, -0.2) is 32.2 Å². The van der Waals surface area contributed by atoms with Crippen LogP contribution in [0.3, 0.4) is 0 Å². The summed E-state index contributed by atoms with van der Waals surface area (Å²) in [6.07, 6.45) is 13.5. The standard InChI is InChI=1S/C22H30N4O/c1-3-25-12-9-16(15-25)14-24(2)21(27)20-17-7-10-22(20,13-17)19-8-11-23-26(19)18-5-4-6-18/h8-9,11-12,15,17-18,20H,3-7,10,13-14H2,1-2H3. The van der Waals surface area contributed by atoms with E-state index in [0.29, 0.717) is 24.4 Å². The van der Waals surface area contributed by atoms with Gasteiger partial charge in [0, 0.05) is 49.8 Å². The van der Waals surface area contributed by atoms with Crippen molar-refractivity contribution in [3.8, 4) is 0 Å². The number of aryl methyl sites for hydroxylation is 1. The highest BCUT2D eigenvalue weighted by molar-refractivity contribution is 5.82. The third kappa shape index (κ3) is 2.50. The Kier molecular flexibility index (Phi) is 3.95. The van der Waals surface area contributed by atoms with Crippen molar-refractivity contribution < 1.29 is 4.79 Å². The number of carbonyl (C=O) groups excluding carboxylic acids is 1. The quantitative estimate of drug-likeness (QED) is 0.781. The number of hydrogen-bond donors (Lipinski definition) is 0. The maximum Gasteiger partial charge on any atom is 0.226 e. The summed E-state index contributed by atoms with van der Waals surface area (Å²) in [7, 11) is 1.97. The summed E-state index contributed by atoms with van der Waals surface area (Å²) in [4.78, 5) is 15.4. The van der Waals surface area contributed by atoms with Crippen LogP contribution in [0.15, 0.2) is 30.7 Å². The van der Waals surface area contributed by atoms with Crippen molar-refractivity contribution in [3.05, 3.63) is 42.0 Å². The first-order chi connectivity index (χ1) is 13.1. The SMILES string of the molecule is CCn1ccc(CN(C)C(=O)C2C3CCC2(c2ccnn2C2CCC2)C3)c1. The Labute approximate surface area is 161 Å². The summed E-state index contributed by atoms with van der Waals surface area (Å²) in [5, 5.41) is 4.66. The van der Waals surface area contributed by atoms with Crippen LogP contribution >= 0.6 is 0 Å². The number of carbonyl (C=O) groups is 1. The molecule has 4 aliphatic carbocycles. The Morgan fingerprint density at radius 3 is 2.85 bits per heavy atom. The summed E-state index contributed by atoms with van der Waals surface area (Å²) in [5.41, 5.74) is 2.59. The number of hydrogen-bond acceptors (Lipinski definition) is 2. The van der Waals surface area contributed by atoms with Crippen molar-refractivity contribution in [2.24, 2.45) is 11.8 Å². The summed E-state index contributed by atoms with van der Waals surface area (Å²) < 4.78 is 4.44. The van der Waals surface area contributed by atoms with Gasteiger partial charge in [0.05, 0.1) is 12.0 Å². The smallest absolute Gasteiger partial charge is 0.226 e. The van der Waals surface area contributed by atoms with Gasteiger partial charge in [0.15, 0.2) is 0 Å². The van der Waals surface area contributed by atoms with Crippen LogP contribution in [0.2, 0.25) is 0 Å². The summed E-state index contributed by atoms with van der Waals surface area (Å²) in [5.74, 6) is 1.03. The van der Waals surface area contributed by atoms with Gasteiger partial charge in [-0.05, 0) is 69.1 Å². The third-order valence-electron chi connectivity index (χ3n) is 7.49. The molecule has 3 unspecified atom stereocenters. The molecule has 4 fully saturated rings. The summed E-state index contributed by atoms with van der Waals surface area (Å²) in [6.45, 7) is 3.81. The lowest BCUT2D eigenvalue weighted by Gasteiger charge is -2.48. The number of rotatable bonds is 6. The Hall–Kier alpha value is -2.04. The van der Waals surface area contributed by atoms with E-state index < -0.39 is 0 Å². The molecule has 144 valence electrons. The average Bonchev–Trinajstić information content (AvgIpc) is 3.35. The largest absolute Gasteiger partial charge is 0.354 e. The van der Waals surface area contributed by atoms with Gasteiger partial charge in [0.25, 0.3) is 0 Å². The molecule has 4 aliphatic rings. The molecule has 5 heteroatoms. The molecule has 0 saturated heterocycles. The lowest BCUT2D eigenvalue weighted by atomic mass is 9.58. The van der Waals surface area contributed by atoms with Gasteiger partial charge in [-0.3, -0.25) is 9.48 Å². The van der Waals surface area contributed by atoms with E-state index in [-0.39, 0.29) is 11.3 Å². The van der Waals surface area contributed by atoms with E-state index >= 15 is 0 Å². The van der Waals surface area contributed by atoms with Crippen LogP contribution in [0.5, 0.6) is 0 Å². The van der Waals surface area contributed by atoms with Crippen molar-refractivity contribution in [2.75, 3.05) is 7.05 Å². The van der Waals surface area contributed by atoms with E-state index in [2.05, 4.69) is 45.8 Å². The van der Waals surface area contributed by atoms with Gasteiger partial charge in [-0.15, -0.1) is 0 Å². The Balaban J connectivity index is 1.36. The first-order valence-corrected chi connectivity index (χ1v) is 10.6. The second-order valence-electron chi connectivity index (χ2n) is 8.93. The zero-order valence-corrected chi connectivity index (χ0v) is 16.5. The number of aromatic nitrogens is 3. The molecule has 4 saturated carbocycles. The maximum atomic E-state index is 13.4. The van der Waals surface area contributed by atoms with Gasteiger partial charge in [-0.1, -0.05) is 0 Å². The van der Waals surface area contributed by atoms with Crippen molar-refractivity contribution in [3.63, 3.8) is 0 Å². The average molecular weight is 367 g/mol. The normalized spacial score (nSPS) is 29.4. The molecular formula is C22H30N4O. The second kappa shape index (κ2) is 6.25. The van der Waals surface area contributed by atoms with Crippen LogP contribution in [-0.2, 0) is 23.3 Å². The monoisotopic (exact) mass is 366 g/mol. The fourth-order valence-corrected chi connectivity index (χ4v) is 5.80. The van der Waals surface area contributed by atoms with Crippen molar-refractivity contribution in [1.82, 2.24) is 19.2 Å². The van der Waals surface area contributed by atoms with E-state index in [4.69, 9.17) is 0 Å². The lowest BCUT2D eigenvalue weighted by Crippen LogP contribution is -2.53. The van der Waals surface area contributed by atoms with E-state index in [1.165, 1.54) is 43.4 Å². The third-order valence-corrected chi connectivity index (χ3v) is 7.49. The molecular weight excluding hydrogens is 336 g/mol. The van der Waals surface area contributed by atoms with E-state index in [1.807, 2.05) is 18.1 Å². The second-order valence-corrected chi connectivity index (χ2v) is 8.93. The molecule has 2 aromatic heterocycles. The Bertz CT molecular complexity index is 844. The molecule has 3 atom stereocenters. The van der Waals surface area contributed by atoms with Gasteiger partial charge in [-0.25, -0.2) is 0 Å². The molecule has 1 amide bonds. The van der Waals surface area contributed by atoms with Crippen LogP contribution in [0.1, 0.15) is 62.7 Å². The minimum atomic E-state index is 0.0391. The molecule has 27 heavy (non-hydrogen) atoms. The molecule has 2 heterocycles. The van der Waals surface area contributed by atoms with Crippen LogP contribution in [0.4, 0.5) is 0 Å². The summed E-state index contributed by atoms with van der Waals surface area (Å²) in [6, 6.07) is 4.89. The van der Waals surface area contributed by atoms with Crippen LogP contribution in [0, 0.1) is 11.8 Å². The van der Waals surface area contributed by atoms with E-state index in [0.717, 1.165) is 13.0 Å².